The molecule has 0 amide bonds. The van der Waals surface area contributed by atoms with Gasteiger partial charge in [0.25, 0.3) is 0 Å². The first kappa shape index (κ1) is 15.6. The maximum Gasteiger partial charge on any atom is 0.335 e. The van der Waals surface area contributed by atoms with Crippen molar-refractivity contribution in [3.8, 4) is 11.3 Å². The topological polar surface area (TPSA) is 106 Å². The Labute approximate surface area is 137 Å². The molecule has 3 aromatic rings. The zero-order valence-corrected chi connectivity index (χ0v) is 13.0. The monoisotopic (exact) mass is 324 g/mol. The number of hydrogen-bond donors (Lipinski definition) is 3. The smallest absolute Gasteiger partial charge is 0.335 e. The summed E-state index contributed by atoms with van der Waals surface area (Å²) in [5.41, 5.74) is 9.55. The summed E-state index contributed by atoms with van der Waals surface area (Å²) in [5, 5.41) is 19.3. The number of benzene rings is 2. The minimum absolute atomic E-state index is 0.110. The minimum Gasteiger partial charge on any atom is -0.480 e. The van der Waals surface area contributed by atoms with Crippen molar-refractivity contribution in [1.82, 2.24) is 4.57 Å². The van der Waals surface area contributed by atoms with Crippen LogP contribution in [0.4, 0.5) is 5.69 Å². The van der Waals surface area contributed by atoms with Crippen LogP contribution in [-0.2, 0) is 11.3 Å². The van der Waals surface area contributed by atoms with E-state index in [1.165, 1.54) is 12.1 Å². The SMILES string of the molecule is Cc1c(-c2ccccc2N)n(CC(=O)O)c2cc(C(=O)O)ccc12. The van der Waals surface area contributed by atoms with E-state index in [0.717, 1.165) is 16.5 Å². The number of nitrogen functional groups attached to an aromatic ring is 1. The average Bonchev–Trinajstić information content (AvgIpc) is 2.79. The van der Waals surface area contributed by atoms with Crippen molar-refractivity contribution in [1.29, 1.82) is 0 Å². The standard InChI is InChI=1S/C18H16N2O4/c1-10-12-7-6-11(18(23)24)8-15(12)20(9-16(21)22)17(10)13-4-2-3-5-14(13)19/h2-8H,9,19H2,1H3,(H,21,22)(H,23,24). The minimum atomic E-state index is -1.06. The number of carboxylic acids is 2. The fraction of sp³-hybridized carbons (Fsp3) is 0.111. The Bertz CT molecular complexity index is 973. The molecule has 0 bridgehead atoms. The van der Waals surface area contributed by atoms with E-state index in [1.807, 2.05) is 19.1 Å². The van der Waals surface area contributed by atoms with E-state index in [0.29, 0.717) is 16.9 Å². The Morgan fingerprint density at radius 2 is 1.83 bits per heavy atom. The molecule has 0 saturated carbocycles. The molecule has 0 aliphatic carbocycles. The Hall–Kier alpha value is -3.28. The molecule has 0 aliphatic rings. The predicted octanol–water partition coefficient (Wildman–Crippen LogP) is 2.98. The van der Waals surface area contributed by atoms with Crippen molar-refractivity contribution in [3.05, 3.63) is 53.6 Å². The highest BCUT2D eigenvalue weighted by Gasteiger charge is 2.20. The van der Waals surface area contributed by atoms with Crippen LogP contribution in [0.5, 0.6) is 0 Å². The molecule has 6 nitrogen and oxygen atoms in total. The van der Waals surface area contributed by atoms with Crippen molar-refractivity contribution in [2.45, 2.75) is 13.5 Å². The summed E-state index contributed by atoms with van der Waals surface area (Å²) in [6.07, 6.45) is 0. The number of fused-ring (bicyclic) bond motifs is 1. The zero-order chi connectivity index (χ0) is 17.4. The number of carboxylic acid groups (broad SMARTS) is 2. The van der Waals surface area contributed by atoms with E-state index >= 15 is 0 Å². The highest BCUT2D eigenvalue weighted by molar-refractivity contribution is 5.99. The second-order valence-electron chi connectivity index (χ2n) is 5.58. The summed E-state index contributed by atoms with van der Waals surface area (Å²) in [6.45, 7) is 1.60. The summed E-state index contributed by atoms with van der Waals surface area (Å²) in [6, 6.07) is 11.9. The fourth-order valence-electron chi connectivity index (χ4n) is 3.02. The summed E-state index contributed by atoms with van der Waals surface area (Å²) < 4.78 is 1.60. The molecule has 24 heavy (non-hydrogen) atoms. The number of hydrogen-bond acceptors (Lipinski definition) is 3. The molecule has 0 aliphatic heterocycles. The zero-order valence-electron chi connectivity index (χ0n) is 13.0. The Kier molecular flexibility index (Phi) is 3.73. The molecule has 1 heterocycles. The molecule has 0 radical (unpaired) electrons. The van der Waals surface area contributed by atoms with Crippen molar-refractivity contribution in [3.63, 3.8) is 0 Å². The molecule has 3 rings (SSSR count). The first-order chi connectivity index (χ1) is 11.4. The number of anilines is 1. The molecule has 0 fully saturated rings. The lowest BCUT2D eigenvalue weighted by Gasteiger charge is -2.11. The summed E-state index contributed by atoms with van der Waals surface area (Å²) in [4.78, 5) is 22.6. The van der Waals surface area contributed by atoms with Gasteiger partial charge in [0.1, 0.15) is 6.54 Å². The maximum atomic E-state index is 11.3. The van der Waals surface area contributed by atoms with Crippen LogP contribution in [0.25, 0.3) is 22.2 Å². The van der Waals surface area contributed by atoms with E-state index in [4.69, 9.17) is 5.73 Å². The number of para-hydroxylation sites is 1. The van der Waals surface area contributed by atoms with Gasteiger partial charge in [0.15, 0.2) is 0 Å². The van der Waals surface area contributed by atoms with Crippen LogP contribution in [0.3, 0.4) is 0 Å². The van der Waals surface area contributed by atoms with E-state index < -0.39 is 11.9 Å². The number of aromatic nitrogens is 1. The fourth-order valence-corrected chi connectivity index (χ4v) is 3.02. The maximum absolute atomic E-state index is 11.3. The predicted molar refractivity (Wildman–Crippen MR) is 91.1 cm³/mol. The van der Waals surface area contributed by atoms with Gasteiger partial charge in [0.2, 0.25) is 0 Å². The molecule has 1 aromatic heterocycles. The number of nitrogens with zero attached hydrogens (tertiary/aromatic N) is 1. The largest absolute Gasteiger partial charge is 0.480 e. The van der Waals surface area contributed by atoms with Crippen molar-refractivity contribution < 1.29 is 19.8 Å². The van der Waals surface area contributed by atoms with Gasteiger partial charge in [0.05, 0.1) is 16.8 Å². The third-order valence-corrected chi connectivity index (χ3v) is 4.07. The van der Waals surface area contributed by atoms with Crippen LogP contribution in [0, 0.1) is 6.92 Å². The Balaban J connectivity index is 2.39. The first-order valence-electron chi connectivity index (χ1n) is 7.33. The van der Waals surface area contributed by atoms with Crippen LogP contribution in [0.2, 0.25) is 0 Å². The quantitative estimate of drug-likeness (QED) is 0.640. The second kappa shape index (κ2) is 5.73. The average molecular weight is 324 g/mol. The summed E-state index contributed by atoms with van der Waals surface area (Å²) in [7, 11) is 0. The van der Waals surface area contributed by atoms with E-state index in [2.05, 4.69) is 0 Å². The van der Waals surface area contributed by atoms with E-state index in [1.54, 1.807) is 22.8 Å². The Morgan fingerprint density at radius 1 is 1.12 bits per heavy atom. The van der Waals surface area contributed by atoms with Crippen LogP contribution in [0.1, 0.15) is 15.9 Å². The van der Waals surface area contributed by atoms with Gasteiger partial charge in [-0.15, -0.1) is 0 Å². The number of carbonyl (C=O) groups is 2. The van der Waals surface area contributed by atoms with Gasteiger partial charge in [0, 0.05) is 16.6 Å². The van der Waals surface area contributed by atoms with Gasteiger partial charge in [-0.2, -0.15) is 0 Å². The number of aromatic carboxylic acids is 1. The normalized spacial score (nSPS) is 10.9. The van der Waals surface area contributed by atoms with E-state index in [-0.39, 0.29) is 12.1 Å². The third-order valence-electron chi connectivity index (χ3n) is 4.07. The molecular weight excluding hydrogens is 308 g/mol. The van der Waals surface area contributed by atoms with Gasteiger partial charge >= 0.3 is 11.9 Å². The molecule has 6 heteroatoms. The van der Waals surface area contributed by atoms with E-state index in [9.17, 15) is 19.8 Å². The van der Waals surface area contributed by atoms with Gasteiger partial charge in [-0.25, -0.2) is 4.79 Å². The Morgan fingerprint density at radius 3 is 2.46 bits per heavy atom. The molecular formula is C18H16N2O4. The van der Waals surface area contributed by atoms with Gasteiger partial charge < -0.3 is 20.5 Å². The summed E-state index contributed by atoms with van der Waals surface area (Å²) in [5.74, 6) is -2.07. The third kappa shape index (κ3) is 2.48. The van der Waals surface area contributed by atoms with Crippen LogP contribution in [0.15, 0.2) is 42.5 Å². The molecule has 4 N–H and O–H groups in total. The molecule has 122 valence electrons. The van der Waals surface area contributed by atoms with Gasteiger partial charge in [-0.3, -0.25) is 4.79 Å². The lowest BCUT2D eigenvalue weighted by molar-refractivity contribution is -0.137. The first-order valence-corrected chi connectivity index (χ1v) is 7.33. The lowest BCUT2D eigenvalue weighted by atomic mass is 10.0. The molecule has 0 spiro atoms. The van der Waals surface area contributed by atoms with Crippen molar-refractivity contribution >= 4 is 28.5 Å². The molecule has 0 saturated heterocycles. The van der Waals surface area contributed by atoms with Crippen molar-refractivity contribution in [2.75, 3.05) is 5.73 Å². The highest BCUT2D eigenvalue weighted by Crippen LogP contribution is 2.36. The molecule has 0 atom stereocenters. The van der Waals surface area contributed by atoms with Gasteiger partial charge in [-0.1, -0.05) is 24.3 Å². The molecule has 2 aromatic carbocycles. The van der Waals surface area contributed by atoms with Crippen molar-refractivity contribution in [2.24, 2.45) is 0 Å². The molecule has 0 unspecified atom stereocenters. The highest BCUT2D eigenvalue weighted by atomic mass is 16.4. The number of aliphatic carboxylic acids is 1. The number of nitrogens with two attached hydrogens (primary N) is 1. The van der Waals surface area contributed by atoms with Crippen LogP contribution in [-0.4, -0.2) is 26.7 Å². The number of aryl methyl sites for hydroxylation is 1. The van der Waals surface area contributed by atoms with Crippen LogP contribution < -0.4 is 5.73 Å². The number of rotatable bonds is 4. The summed E-state index contributed by atoms with van der Waals surface area (Å²) >= 11 is 0. The van der Waals surface area contributed by atoms with Gasteiger partial charge in [-0.05, 0) is 30.7 Å². The second-order valence-corrected chi connectivity index (χ2v) is 5.58. The lowest BCUT2D eigenvalue weighted by Crippen LogP contribution is -2.11. The van der Waals surface area contributed by atoms with Crippen LogP contribution >= 0.6 is 0 Å².